The summed E-state index contributed by atoms with van der Waals surface area (Å²) >= 11 is 0. The van der Waals surface area contributed by atoms with Gasteiger partial charge in [-0.1, -0.05) is 19.9 Å². The molecular weight excluding hydrogens is 246 g/mol. The highest BCUT2D eigenvalue weighted by molar-refractivity contribution is 5.92. The molecule has 1 aromatic heterocycles. The molecule has 0 unspecified atom stereocenters. The predicted molar refractivity (Wildman–Crippen MR) is 85.3 cm³/mol. The van der Waals surface area contributed by atoms with Gasteiger partial charge in [-0.05, 0) is 44.2 Å². The Labute approximate surface area is 120 Å². The number of allylic oxidation sites excluding steroid dienone is 1. The standard InChI is InChI=1S/C18H21NO/c1-6-17(2,3)15-11-12-7-8-14-13(16(12)19-15)9-10-18(4,5)20-14/h6-11,19H,1H2,2-5H3. The van der Waals surface area contributed by atoms with Gasteiger partial charge in [-0.3, -0.25) is 0 Å². The molecule has 3 rings (SSSR count). The lowest BCUT2D eigenvalue weighted by Gasteiger charge is -2.28. The highest BCUT2D eigenvalue weighted by atomic mass is 16.5. The van der Waals surface area contributed by atoms with E-state index >= 15 is 0 Å². The molecule has 2 nitrogen and oxygen atoms in total. The first-order valence-electron chi connectivity index (χ1n) is 7.00. The lowest BCUT2D eigenvalue weighted by atomic mass is 9.90. The van der Waals surface area contributed by atoms with Crippen LogP contribution in [0.2, 0.25) is 0 Å². The van der Waals surface area contributed by atoms with Gasteiger partial charge in [0.1, 0.15) is 11.4 Å². The second-order valence-electron chi connectivity index (χ2n) is 6.59. The number of aromatic amines is 1. The molecule has 0 saturated heterocycles. The molecule has 0 atom stereocenters. The van der Waals surface area contributed by atoms with Gasteiger partial charge >= 0.3 is 0 Å². The number of aromatic nitrogens is 1. The summed E-state index contributed by atoms with van der Waals surface area (Å²) < 4.78 is 6.02. The molecule has 0 fully saturated rings. The van der Waals surface area contributed by atoms with Crippen LogP contribution in [0.5, 0.6) is 5.75 Å². The number of H-pyrrole nitrogens is 1. The third kappa shape index (κ3) is 1.96. The van der Waals surface area contributed by atoms with Crippen molar-refractivity contribution in [1.29, 1.82) is 0 Å². The lowest BCUT2D eigenvalue weighted by molar-refractivity contribution is 0.159. The molecule has 1 aromatic carbocycles. The summed E-state index contributed by atoms with van der Waals surface area (Å²) in [4.78, 5) is 3.54. The zero-order valence-corrected chi connectivity index (χ0v) is 12.6. The van der Waals surface area contributed by atoms with Crippen molar-refractivity contribution in [2.75, 3.05) is 0 Å². The van der Waals surface area contributed by atoms with Crippen LogP contribution < -0.4 is 4.74 Å². The number of rotatable bonds is 2. The molecule has 104 valence electrons. The Bertz CT molecular complexity index is 716. The van der Waals surface area contributed by atoms with E-state index in [0.29, 0.717) is 0 Å². The maximum absolute atomic E-state index is 6.02. The molecular formula is C18H21NO. The van der Waals surface area contributed by atoms with E-state index in [1.54, 1.807) is 0 Å². The van der Waals surface area contributed by atoms with Crippen LogP contribution in [0.25, 0.3) is 17.0 Å². The van der Waals surface area contributed by atoms with Crippen molar-refractivity contribution in [3.8, 4) is 5.75 Å². The third-order valence-corrected chi connectivity index (χ3v) is 4.03. The van der Waals surface area contributed by atoms with E-state index in [2.05, 4.69) is 69.6 Å². The van der Waals surface area contributed by atoms with Crippen LogP contribution in [0.1, 0.15) is 39.0 Å². The average Bonchev–Trinajstić information content (AvgIpc) is 2.82. The van der Waals surface area contributed by atoms with E-state index in [1.807, 2.05) is 6.08 Å². The quantitative estimate of drug-likeness (QED) is 0.776. The third-order valence-electron chi connectivity index (χ3n) is 4.03. The summed E-state index contributed by atoms with van der Waals surface area (Å²) in [6.45, 7) is 12.4. The molecule has 1 aliphatic rings. The van der Waals surface area contributed by atoms with Crippen molar-refractivity contribution in [2.45, 2.75) is 38.7 Å². The number of fused-ring (bicyclic) bond motifs is 3. The first kappa shape index (κ1) is 13.0. The monoisotopic (exact) mass is 267 g/mol. The molecule has 0 amide bonds. The number of hydrogen-bond donors (Lipinski definition) is 1. The topological polar surface area (TPSA) is 25.0 Å². The summed E-state index contributed by atoms with van der Waals surface area (Å²) in [6.07, 6.45) is 6.23. The van der Waals surface area contributed by atoms with Crippen LogP contribution in [0.4, 0.5) is 0 Å². The molecule has 0 aliphatic carbocycles. The van der Waals surface area contributed by atoms with Gasteiger partial charge in [0.2, 0.25) is 0 Å². The van der Waals surface area contributed by atoms with Crippen LogP contribution in [0.15, 0.2) is 36.9 Å². The predicted octanol–water partition coefficient (Wildman–Crippen LogP) is 4.82. The molecule has 0 bridgehead atoms. The first-order valence-corrected chi connectivity index (χ1v) is 7.00. The Hall–Kier alpha value is -1.96. The second kappa shape index (κ2) is 4.02. The Kier molecular flexibility index (Phi) is 2.62. The molecule has 1 aliphatic heterocycles. The van der Waals surface area contributed by atoms with Crippen molar-refractivity contribution >= 4 is 17.0 Å². The van der Waals surface area contributed by atoms with E-state index in [0.717, 1.165) is 16.8 Å². The summed E-state index contributed by atoms with van der Waals surface area (Å²) in [6, 6.07) is 6.37. The SMILES string of the molecule is C=CC(C)(C)c1cc2ccc3c(c2[nH]1)C=CC(C)(C)O3. The smallest absolute Gasteiger partial charge is 0.129 e. The number of nitrogens with one attached hydrogen (secondary N) is 1. The maximum atomic E-state index is 6.02. The number of hydrogen-bond acceptors (Lipinski definition) is 1. The summed E-state index contributed by atoms with van der Waals surface area (Å²) in [5.74, 6) is 0.940. The van der Waals surface area contributed by atoms with Crippen LogP contribution >= 0.6 is 0 Å². The molecule has 2 heteroatoms. The van der Waals surface area contributed by atoms with Gasteiger partial charge in [-0.2, -0.15) is 0 Å². The highest BCUT2D eigenvalue weighted by Crippen LogP contribution is 2.37. The van der Waals surface area contributed by atoms with Crippen LogP contribution in [0, 0.1) is 0 Å². The van der Waals surface area contributed by atoms with E-state index in [4.69, 9.17) is 4.74 Å². The minimum Gasteiger partial charge on any atom is -0.483 e. The minimum atomic E-state index is -0.240. The fourth-order valence-corrected chi connectivity index (χ4v) is 2.52. The van der Waals surface area contributed by atoms with E-state index in [9.17, 15) is 0 Å². The van der Waals surface area contributed by atoms with Gasteiger partial charge in [0.25, 0.3) is 0 Å². The van der Waals surface area contributed by atoms with E-state index in [1.165, 1.54) is 11.1 Å². The molecule has 1 N–H and O–H groups in total. The van der Waals surface area contributed by atoms with Gasteiger partial charge in [-0.15, -0.1) is 6.58 Å². The van der Waals surface area contributed by atoms with Crippen molar-refractivity contribution in [2.24, 2.45) is 0 Å². The lowest BCUT2D eigenvalue weighted by Crippen LogP contribution is -2.27. The largest absolute Gasteiger partial charge is 0.483 e. The van der Waals surface area contributed by atoms with Gasteiger partial charge in [-0.25, -0.2) is 0 Å². The Morgan fingerprint density at radius 2 is 2.05 bits per heavy atom. The minimum absolute atomic E-state index is 0.0651. The van der Waals surface area contributed by atoms with Crippen LogP contribution in [-0.2, 0) is 5.41 Å². The number of ether oxygens (including phenoxy) is 1. The summed E-state index contributed by atoms with van der Waals surface area (Å²) in [5, 5.41) is 1.21. The van der Waals surface area contributed by atoms with Crippen LogP contribution in [-0.4, -0.2) is 10.6 Å². The molecule has 2 heterocycles. The van der Waals surface area contributed by atoms with Gasteiger partial charge in [0, 0.05) is 22.1 Å². The highest BCUT2D eigenvalue weighted by Gasteiger charge is 2.25. The fraction of sp³-hybridized carbons (Fsp3) is 0.333. The van der Waals surface area contributed by atoms with E-state index in [-0.39, 0.29) is 11.0 Å². The maximum Gasteiger partial charge on any atom is 0.129 e. The van der Waals surface area contributed by atoms with Crippen molar-refractivity contribution in [1.82, 2.24) is 4.98 Å². The zero-order chi connectivity index (χ0) is 14.5. The molecule has 2 aromatic rings. The Morgan fingerprint density at radius 3 is 2.75 bits per heavy atom. The molecule has 0 saturated carbocycles. The normalized spacial score (nSPS) is 16.8. The van der Waals surface area contributed by atoms with Gasteiger partial charge in [0.15, 0.2) is 0 Å². The summed E-state index contributed by atoms with van der Waals surface area (Å²) in [7, 11) is 0. The first-order chi connectivity index (χ1) is 9.32. The fourth-order valence-electron chi connectivity index (χ4n) is 2.52. The van der Waals surface area contributed by atoms with Crippen LogP contribution in [0.3, 0.4) is 0 Å². The Morgan fingerprint density at radius 1 is 1.30 bits per heavy atom. The number of benzene rings is 1. The van der Waals surface area contributed by atoms with Gasteiger partial charge in [0.05, 0.1) is 5.52 Å². The van der Waals surface area contributed by atoms with Crippen molar-refractivity contribution in [3.05, 3.63) is 48.2 Å². The van der Waals surface area contributed by atoms with E-state index < -0.39 is 0 Å². The Balaban J connectivity index is 2.20. The summed E-state index contributed by atoms with van der Waals surface area (Å²) in [5.41, 5.74) is 3.14. The average molecular weight is 267 g/mol. The zero-order valence-electron chi connectivity index (χ0n) is 12.6. The van der Waals surface area contributed by atoms with Gasteiger partial charge < -0.3 is 9.72 Å². The van der Waals surface area contributed by atoms with Crippen molar-refractivity contribution < 1.29 is 4.74 Å². The van der Waals surface area contributed by atoms with Crippen molar-refractivity contribution in [3.63, 3.8) is 0 Å². The second-order valence-corrected chi connectivity index (χ2v) is 6.59. The molecule has 0 spiro atoms. The molecule has 0 radical (unpaired) electrons. The molecule has 20 heavy (non-hydrogen) atoms.